The Labute approximate surface area is 101 Å². The van der Waals surface area contributed by atoms with Crippen molar-refractivity contribution in [2.75, 3.05) is 0 Å². The first-order valence-corrected chi connectivity index (χ1v) is 6.04. The summed E-state index contributed by atoms with van der Waals surface area (Å²) in [4.78, 5) is 11.9. The number of nitriles is 1. The minimum Gasteiger partial charge on any atom is -0.336 e. The molecule has 1 atom stereocenters. The maximum absolute atomic E-state index is 11.9. The molecule has 1 unspecified atom stereocenters. The van der Waals surface area contributed by atoms with Gasteiger partial charge >= 0.3 is 0 Å². The van der Waals surface area contributed by atoms with Gasteiger partial charge in [0.2, 0.25) is 0 Å². The van der Waals surface area contributed by atoms with Gasteiger partial charge in [0.15, 0.2) is 0 Å². The van der Waals surface area contributed by atoms with Crippen LogP contribution in [-0.4, -0.2) is 11.9 Å². The van der Waals surface area contributed by atoms with Crippen LogP contribution in [0, 0.1) is 17.2 Å². The molecule has 1 saturated carbocycles. The van der Waals surface area contributed by atoms with Crippen molar-refractivity contribution >= 4 is 5.91 Å². The standard InChI is InChI=1S/C14H16N2O/c1-2-10-3-5-12(6-4-10)14(17)16-13(9-15)11-7-8-11/h3-6,11,13H,2,7-8H2,1H3,(H,16,17). The fraction of sp³-hybridized carbons (Fsp3) is 0.429. The lowest BCUT2D eigenvalue weighted by molar-refractivity contribution is 0.0942. The van der Waals surface area contributed by atoms with Crippen LogP contribution in [0.4, 0.5) is 0 Å². The second-order valence-corrected chi connectivity index (χ2v) is 4.47. The van der Waals surface area contributed by atoms with Gasteiger partial charge < -0.3 is 5.32 Å². The molecule has 0 spiro atoms. The van der Waals surface area contributed by atoms with Gasteiger partial charge in [0.25, 0.3) is 5.91 Å². The molecule has 1 aromatic carbocycles. The minimum atomic E-state index is -0.326. The highest BCUT2D eigenvalue weighted by molar-refractivity contribution is 5.94. The van der Waals surface area contributed by atoms with E-state index in [1.54, 1.807) is 0 Å². The Morgan fingerprint density at radius 2 is 2.12 bits per heavy atom. The molecular weight excluding hydrogens is 212 g/mol. The zero-order valence-electron chi connectivity index (χ0n) is 9.94. The SMILES string of the molecule is CCc1ccc(C(=O)NC(C#N)C2CC2)cc1. The summed E-state index contributed by atoms with van der Waals surface area (Å²) in [6.07, 6.45) is 3.06. The second kappa shape index (κ2) is 5.01. The Hall–Kier alpha value is -1.82. The summed E-state index contributed by atoms with van der Waals surface area (Å²) in [5.74, 6) is 0.213. The summed E-state index contributed by atoms with van der Waals surface area (Å²) < 4.78 is 0. The van der Waals surface area contributed by atoms with E-state index in [9.17, 15) is 4.79 Å². The predicted molar refractivity (Wildman–Crippen MR) is 65.4 cm³/mol. The van der Waals surface area contributed by atoms with Crippen LogP contribution >= 0.6 is 0 Å². The lowest BCUT2D eigenvalue weighted by Gasteiger charge is -2.10. The number of carbonyl (C=O) groups is 1. The molecule has 0 radical (unpaired) electrons. The van der Waals surface area contributed by atoms with Crippen LogP contribution in [-0.2, 0) is 6.42 Å². The molecule has 1 aliphatic carbocycles. The minimum absolute atomic E-state index is 0.147. The number of benzene rings is 1. The summed E-state index contributed by atoms with van der Waals surface area (Å²) in [7, 11) is 0. The number of hydrogen-bond acceptors (Lipinski definition) is 2. The van der Waals surface area contributed by atoms with Gasteiger partial charge in [-0.05, 0) is 42.9 Å². The normalized spacial score (nSPS) is 16.0. The molecule has 17 heavy (non-hydrogen) atoms. The van der Waals surface area contributed by atoms with E-state index >= 15 is 0 Å². The van der Waals surface area contributed by atoms with Crippen molar-refractivity contribution in [3.63, 3.8) is 0 Å². The molecule has 3 nitrogen and oxygen atoms in total. The van der Waals surface area contributed by atoms with E-state index in [0.29, 0.717) is 11.5 Å². The van der Waals surface area contributed by atoms with Crippen molar-refractivity contribution < 1.29 is 4.79 Å². The monoisotopic (exact) mass is 228 g/mol. The number of carbonyl (C=O) groups excluding carboxylic acids is 1. The van der Waals surface area contributed by atoms with E-state index in [4.69, 9.17) is 5.26 Å². The van der Waals surface area contributed by atoms with Crippen molar-refractivity contribution in [1.82, 2.24) is 5.32 Å². The Morgan fingerprint density at radius 1 is 1.47 bits per heavy atom. The number of nitrogens with zero attached hydrogens (tertiary/aromatic N) is 1. The molecule has 0 heterocycles. The highest BCUT2D eigenvalue weighted by Gasteiger charge is 2.32. The fourth-order valence-electron chi connectivity index (χ4n) is 1.80. The molecule has 1 aromatic rings. The van der Waals surface area contributed by atoms with E-state index in [2.05, 4.69) is 18.3 Å². The molecule has 0 saturated heterocycles. The van der Waals surface area contributed by atoms with Crippen LogP contribution in [0.5, 0.6) is 0 Å². The number of nitrogens with one attached hydrogen (secondary N) is 1. The third kappa shape index (κ3) is 2.85. The molecule has 1 aliphatic rings. The van der Waals surface area contributed by atoms with Crippen LogP contribution in [0.25, 0.3) is 0 Å². The van der Waals surface area contributed by atoms with Crippen molar-refractivity contribution in [3.05, 3.63) is 35.4 Å². The van der Waals surface area contributed by atoms with E-state index < -0.39 is 0 Å². The van der Waals surface area contributed by atoms with Gasteiger partial charge in [-0.15, -0.1) is 0 Å². The van der Waals surface area contributed by atoms with Gasteiger partial charge in [-0.3, -0.25) is 4.79 Å². The molecule has 88 valence electrons. The topological polar surface area (TPSA) is 52.9 Å². The number of aryl methyl sites for hydroxylation is 1. The third-order valence-corrected chi connectivity index (χ3v) is 3.14. The quantitative estimate of drug-likeness (QED) is 0.859. The molecule has 1 fully saturated rings. The van der Waals surface area contributed by atoms with Crippen LogP contribution in [0.3, 0.4) is 0 Å². The van der Waals surface area contributed by atoms with Crippen LogP contribution in [0.2, 0.25) is 0 Å². The van der Waals surface area contributed by atoms with Crippen LogP contribution in [0.1, 0.15) is 35.7 Å². The van der Waals surface area contributed by atoms with Gasteiger partial charge in [-0.2, -0.15) is 5.26 Å². The number of amides is 1. The van der Waals surface area contributed by atoms with E-state index in [0.717, 1.165) is 19.3 Å². The predicted octanol–water partition coefficient (Wildman–Crippen LogP) is 2.28. The lowest BCUT2D eigenvalue weighted by Crippen LogP contribution is -2.35. The summed E-state index contributed by atoms with van der Waals surface area (Å²) in [6.45, 7) is 2.08. The van der Waals surface area contributed by atoms with Crippen molar-refractivity contribution in [1.29, 1.82) is 5.26 Å². The van der Waals surface area contributed by atoms with E-state index in [-0.39, 0.29) is 11.9 Å². The third-order valence-electron chi connectivity index (χ3n) is 3.14. The molecule has 0 aromatic heterocycles. The molecule has 0 bridgehead atoms. The Balaban J connectivity index is 2.01. The molecule has 3 heteroatoms. The first kappa shape index (κ1) is 11.7. The van der Waals surface area contributed by atoms with E-state index in [1.807, 2.05) is 24.3 Å². The summed E-state index contributed by atoms with van der Waals surface area (Å²) in [5, 5.41) is 11.7. The molecular formula is C14H16N2O. The van der Waals surface area contributed by atoms with Gasteiger partial charge in [0.1, 0.15) is 6.04 Å². The maximum Gasteiger partial charge on any atom is 0.252 e. The van der Waals surface area contributed by atoms with Crippen molar-refractivity contribution in [3.8, 4) is 6.07 Å². The zero-order valence-corrected chi connectivity index (χ0v) is 9.94. The van der Waals surface area contributed by atoms with Crippen LogP contribution < -0.4 is 5.32 Å². The Morgan fingerprint density at radius 3 is 2.59 bits per heavy atom. The van der Waals surface area contributed by atoms with Gasteiger partial charge in [-0.1, -0.05) is 19.1 Å². The molecule has 0 aliphatic heterocycles. The summed E-state index contributed by atoms with van der Waals surface area (Å²) >= 11 is 0. The van der Waals surface area contributed by atoms with Crippen molar-refractivity contribution in [2.45, 2.75) is 32.2 Å². The summed E-state index contributed by atoms with van der Waals surface area (Å²) in [5.41, 5.74) is 1.84. The maximum atomic E-state index is 11.9. The molecule has 2 rings (SSSR count). The largest absolute Gasteiger partial charge is 0.336 e. The van der Waals surface area contributed by atoms with Gasteiger partial charge in [-0.25, -0.2) is 0 Å². The van der Waals surface area contributed by atoms with Crippen molar-refractivity contribution in [2.24, 2.45) is 5.92 Å². The first-order chi connectivity index (χ1) is 8.24. The zero-order chi connectivity index (χ0) is 12.3. The van der Waals surface area contributed by atoms with Gasteiger partial charge in [0, 0.05) is 5.56 Å². The average Bonchev–Trinajstić information content (AvgIpc) is 3.20. The summed E-state index contributed by atoms with van der Waals surface area (Å²) in [6, 6.07) is 9.36. The highest BCUT2D eigenvalue weighted by Crippen LogP contribution is 2.32. The second-order valence-electron chi connectivity index (χ2n) is 4.47. The Bertz CT molecular complexity index is 440. The molecule has 1 amide bonds. The Kier molecular flexibility index (Phi) is 3.43. The smallest absolute Gasteiger partial charge is 0.252 e. The van der Waals surface area contributed by atoms with E-state index in [1.165, 1.54) is 5.56 Å². The van der Waals surface area contributed by atoms with Gasteiger partial charge in [0.05, 0.1) is 6.07 Å². The first-order valence-electron chi connectivity index (χ1n) is 6.04. The number of rotatable bonds is 4. The number of hydrogen-bond donors (Lipinski definition) is 1. The fourth-order valence-corrected chi connectivity index (χ4v) is 1.80. The van der Waals surface area contributed by atoms with Crippen LogP contribution in [0.15, 0.2) is 24.3 Å². The average molecular weight is 228 g/mol. The molecule has 1 N–H and O–H groups in total. The lowest BCUT2D eigenvalue weighted by atomic mass is 10.1. The highest BCUT2D eigenvalue weighted by atomic mass is 16.1.